The molecule has 19 heavy (non-hydrogen) atoms. The second-order valence-electron chi connectivity index (χ2n) is 6.44. The van der Waals surface area contributed by atoms with Gasteiger partial charge in [-0.15, -0.1) is 5.10 Å². The molecule has 1 aromatic heterocycles. The molecule has 5 heteroatoms. The van der Waals surface area contributed by atoms with Crippen LogP contribution in [-0.4, -0.2) is 34.8 Å². The maximum atomic E-state index is 5.79. The largest absolute Gasteiger partial charge is 0.339 e. The summed E-state index contributed by atoms with van der Waals surface area (Å²) < 4.78 is 0. The molecule has 0 amide bonds. The number of hydrogen-bond acceptors (Lipinski definition) is 4. The van der Waals surface area contributed by atoms with Gasteiger partial charge in [-0.2, -0.15) is 4.98 Å². The zero-order valence-corrected chi connectivity index (χ0v) is 11.9. The number of nitrogens with two attached hydrogens (primary N) is 1. The zero-order chi connectivity index (χ0) is 13.3. The van der Waals surface area contributed by atoms with E-state index in [1.807, 2.05) is 0 Å². The minimum absolute atomic E-state index is 0.217. The van der Waals surface area contributed by atoms with Crippen molar-refractivity contribution in [2.45, 2.75) is 50.9 Å². The van der Waals surface area contributed by atoms with E-state index in [-0.39, 0.29) is 5.41 Å². The summed E-state index contributed by atoms with van der Waals surface area (Å²) in [6.07, 6.45) is 7.52. The molecule has 106 valence electrons. The maximum absolute atomic E-state index is 5.79. The van der Waals surface area contributed by atoms with Crippen molar-refractivity contribution in [3.8, 4) is 0 Å². The van der Waals surface area contributed by atoms with E-state index in [2.05, 4.69) is 22.0 Å². The van der Waals surface area contributed by atoms with E-state index in [0.717, 1.165) is 31.4 Å². The van der Waals surface area contributed by atoms with E-state index in [4.69, 9.17) is 10.7 Å². The van der Waals surface area contributed by atoms with Crippen LogP contribution >= 0.6 is 0 Å². The Balaban J connectivity index is 1.74. The fraction of sp³-hybridized carbons (Fsp3) is 0.857. The number of nitrogens with zero attached hydrogens (tertiary/aromatic N) is 3. The van der Waals surface area contributed by atoms with Gasteiger partial charge in [0.05, 0.1) is 0 Å². The van der Waals surface area contributed by atoms with Crippen molar-refractivity contribution in [3.05, 3.63) is 5.82 Å². The smallest absolute Gasteiger partial charge is 0.244 e. The third-order valence-electron chi connectivity index (χ3n) is 4.89. The standard InChI is InChI=1S/C14H25N5/c1-14(6-2-3-7-14)12-16-13(18-17-12)19-8-4-5-11(9-15)10-19/h11H,2-10,15H2,1H3,(H,16,17,18). The number of rotatable bonds is 3. The topological polar surface area (TPSA) is 70.8 Å². The predicted octanol–water partition coefficient (Wildman–Crippen LogP) is 1.81. The van der Waals surface area contributed by atoms with Crippen LogP contribution < -0.4 is 10.6 Å². The van der Waals surface area contributed by atoms with Crippen LogP contribution in [0, 0.1) is 5.92 Å². The Morgan fingerprint density at radius 2 is 2.16 bits per heavy atom. The fourth-order valence-electron chi connectivity index (χ4n) is 3.50. The second-order valence-corrected chi connectivity index (χ2v) is 6.44. The molecule has 1 aromatic rings. The molecule has 1 aliphatic heterocycles. The lowest BCUT2D eigenvalue weighted by Gasteiger charge is -2.31. The van der Waals surface area contributed by atoms with Crippen LogP contribution in [0.1, 0.15) is 51.3 Å². The number of hydrogen-bond donors (Lipinski definition) is 2. The van der Waals surface area contributed by atoms with Crippen molar-refractivity contribution in [2.24, 2.45) is 11.7 Å². The third kappa shape index (κ3) is 2.48. The first-order valence-corrected chi connectivity index (χ1v) is 7.59. The molecule has 1 aliphatic carbocycles. The van der Waals surface area contributed by atoms with Crippen LogP contribution in [0.3, 0.4) is 0 Å². The Morgan fingerprint density at radius 3 is 2.89 bits per heavy atom. The van der Waals surface area contributed by atoms with E-state index >= 15 is 0 Å². The number of aromatic amines is 1. The Kier molecular flexibility index (Phi) is 3.48. The number of piperidine rings is 1. The van der Waals surface area contributed by atoms with E-state index in [9.17, 15) is 0 Å². The molecule has 2 heterocycles. The third-order valence-corrected chi connectivity index (χ3v) is 4.89. The molecule has 0 spiro atoms. The van der Waals surface area contributed by atoms with Gasteiger partial charge in [0.1, 0.15) is 5.82 Å². The lowest BCUT2D eigenvalue weighted by atomic mass is 9.88. The lowest BCUT2D eigenvalue weighted by Crippen LogP contribution is -2.39. The molecule has 0 bridgehead atoms. The quantitative estimate of drug-likeness (QED) is 0.872. The van der Waals surface area contributed by atoms with Crippen LogP contribution in [0.4, 0.5) is 5.95 Å². The maximum Gasteiger partial charge on any atom is 0.244 e. The van der Waals surface area contributed by atoms with Gasteiger partial charge >= 0.3 is 0 Å². The first-order chi connectivity index (χ1) is 9.21. The molecule has 3 N–H and O–H groups in total. The summed E-state index contributed by atoms with van der Waals surface area (Å²) in [5.74, 6) is 2.55. The van der Waals surface area contributed by atoms with E-state index in [1.54, 1.807) is 0 Å². The fourth-order valence-corrected chi connectivity index (χ4v) is 3.50. The molecule has 5 nitrogen and oxygen atoms in total. The highest BCUT2D eigenvalue weighted by Gasteiger charge is 2.34. The van der Waals surface area contributed by atoms with Gasteiger partial charge in [-0.05, 0) is 38.1 Å². The van der Waals surface area contributed by atoms with Gasteiger partial charge in [0.25, 0.3) is 0 Å². The van der Waals surface area contributed by atoms with E-state index < -0.39 is 0 Å². The SMILES string of the molecule is CC1(c2nc(N3CCCC(CN)C3)n[nH]2)CCCC1. The van der Waals surface area contributed by atoms with Crippen molar-refractivity contribution < 1.29 is 0 Å². The molecule has 0 radical (unpaired) electrons. The lowest BCUT2D eigenvalue weighted by molar-refractivity contribution is 0.419. The molecule has 0 aromatic carbocycles. The number of anilines is 1. The van der Waals surface area contributed by atoms with Gasteiger partial charge in [-0.3, -0.25) is 5.10 Å². The zero-order valence-electron chi connectivity index (χ0n) is 11.9. The molecule has 1 saturated carbocycles. The van der Waals surface area contributed by atoms with Gasteiger partial charge in [-0.25, -0.2) is 0 Å². The summed E-state index contributed by atoms with van der Waals surface area (Å²) in [6, 6.07) is 0. The minimum Gasteiger partial charge on any atom is -0.339 e. The van der Waals surface area contributed by atoms with Gasteiger partial charge in [0.2, 0.25) is 5.95 Å². The van der Waals surface area contributed by atoms with Crippen molar-refractivity contribution in [1.82, 2.24) is 15.2 Å². The molecule has 1 atom stereocenters. The van der Waals surface area contributed by atoms with Crippen LogP contribution in [0.25, 0.3) is 0 Å². The highest BCUT2D eigenvalue weighted by Crippen LogP contribution is 2.39. The number of nitrogens with one attached hydrogen (secondary N) is 1. The summed E-state index contributed by atoms with van der Waals surface area (Å²) in [7, 11) is 0. The van der Waals surface area contributed by atoms with E-state index in [0.29, 0.717) is 5.92 Å². The average Bonchev–Trinajstić information content (AvgIpc) is 3.08. The Labute approximate surface area is 115 Å². The molecular weight excluding hydrogens is 238 g/mol. The van der Waals surface area contributed by atoms with Crippen LogP contribution in [0.5, 0.6) is 0 Å². The summed E-state index contributed by atoms with van der Waals surface area (Å²) in [4.78, 5) is 7.07. The van der Waals surface area contributed by atoms with Gasteiger partial charge in [-0.1, -0.05) is 19.8 Å². The van der Waals surface area contributed by atoms with Crippen molar-refractivity contribution in [2.75, 3.05) is 24.5 Å². The Hall–Kier alpha value is -1.10. The number of H-pyrrole nitrogens is 1. The van der Waals surface area contributed by atoms with Crippen molar-refractivity contribution >= 4 is 5.95 Å². The highest BCUT2D eigenvalue weighted by atomic mass is 15.4. The molecule has 1 unspecified atom stereocenters. The highest BCUT2D eigenvalue weighted by molar-refractivity contribution is 5.31. The van der Waals surface area contributed by atoms with Crippen LogP contribution in [-0.2, 0) is 5.41 Å². The van der Waals surface area contributed by atoms with Crippen molar-refractivity contribution in [3.63, 3.8) is 0 Å². The minimum atomic E-state index is 0.217. The summed E-state index contributed by atoms with van der Waals surface area (Å²) >= 11 is 0. The van der Waals surface area contributed by atoms with Crippen molar-refractivity contribution in [1.29, 1.82) is 0 Å². The average molecular weight is 263 g/mol. The second kappa shape index (κ2) is 5.12. The summed E-state index contributed by atoms with van der Waals surface area (Å²) in [5.41, 5.74) is 6.01. The predicted molar refractivity (Wildman–Crippen MR) is 76.2 cm³/mol. The Bertz CT molecular complexity index is 421. The van der Waals surface area contributed by atoms with Gasteiger partial charge < -0.3 is 10.6 Å². The normalized spacial score (nSPS) is 26.8. The molecular formula is C14H25N5. The number of aromatic nitrogens is 3. The summed E-state index contributed by atoms with van der Waals surface area (Å²) in [5, 5.41) is 7.63. The molecule has 2 aliphatic rings. The first kappa shape index (κ1) is 12.9. The first-order valence-electron chi connectivity index (χ1n) is 7.59. The van der Waals surface area contributed by atoms with E-state index in [1.165, 1.54) is 38.5 Å². The Morgan fingerprint density at radius 1 is 1.37 bits per heavy atom. The molecule has 2 fully saturated rings. The monoisotopic (exact) mass is 263 g/mol. The molecule has 1 saturated heterocycles. The summed E-state index contributed by atoms with van der Waals surface area (Å²) in [6.45, 7) is 5.14. The van der Waals surface area contributed by atoms with Crippen LogP contribution in [0.15, 0.2) is 0 Å². The molecule has 3 rings (SSSR count). The van der Waals surface area contributed by atoms with Gasteiger partial charge in [0, 0.05) is 18.5 Å². The van der Waals surface area contributed by atoms with Gasteiger partial charge in [0.15, 0.2) is 0 Å². The van der Waals surface area contributed by atoms with Crippen LogP contribution in [0.2, 0.25) is 0 Å².